The molecule has 0 aromatic heterocycles. The van der Waals surface area contributed by atoms with E-state index in [1.54, 1.807) is 11.8 Å². The molecule has 0 radical (unpaired) electrons. The predicted octanol–water partition coefficient (Wildman–Crippen LogP) is 1.06. The van der Waals surface area contributed by atoms with Crippen LogP contribution >= 0.6 is 0 Å². The molecule has 1 atom stereocenters. The largest absolute Gasteiger partial charge is 0.344 e. The Morgan fingerprint density at radius 3 is 2.14 bits per heavy atom. The van der Waals surface area contributed by atoms with Crippen LogP contribution in [0.3, 0.4) is 0 Å². The highest BCUT2D eigenvalue weighted by Gasteiger charge is 2.19. The zero-order valence-corrected chi connectivity index (χ0v) is 13.1. The minimum absolute atomic E-state index is 0.0492. The molecule has 116 valence electrons. The molecule has 5 heteroatoms. The van der Waals surface area contributed by atoms with Gasteiger partial charge < -0.3 is 16.0 Å². The van der Waals surface area contributed by atoms with Crippen molar-refractivity contribution in [2.24, 2.45) is 5.73 Å². The molecule has 0 bridgehead atoms. The van der Waals surface area contributed by atoms with Gasteiger partial charge in [-0.2, -0.15) is 0 Å². The number of nitrogens with zero attached hydrogens (tertiary/aromatic N) is 1. The molecule has 0 aliphatic heterocycles. The van der Waals surface area contributed by atoms with Crippen LogP contribution in [0, 0.1) is 0 Å². The summed E-state index contributed by atoms with van der Waals surface area (Å²) < 4.78 is 0. The van der Waals surface area contributed by atoms with Gasteiger partial charge >= 0.3 is 0 Å². The van der Waals surface area contributed by atoms with Crippen LogP contribution in [0.2, 0.25) is 0 Å². The Morgan fingerprint density at radius 1 is 1.14 bits per heavy atom. The van der Waals surface area contributed by atoms with Gasteiger partial charge in [0.1, 0.15) is 6.04 Å². The molecule has 1 aromatic rings. The van der Waals surface area contributed by atoms with Crippen LogP contribution < -0.4 is 11.1 Å². The van der Waals surface area contributed by atoms with E-state index in [0.29, 0.717) is 19.6 Å². The second kappa shape index (κ2) is 8.42. The maximum Gasteiger partial charge on any atom is 0.244 e. The Kier molecular flexibility index (Phi) is 6.88. The van der Waals surface area contributed by atoms with Crippen LogP contribution in [0.25, 0.3) is 0 Å². The average molecular weight is 291 g/mol. The molecule has 1 rings (SSSR count). The van der Waals surface area contributed by atoms with Gasteiger partial charge in [-0.05, 0) is 31.9 Å². The first-order valence-electron chi connectivity index (χ1n) is 7.37. The summed E-state index contributed by atoms with van der Waals surface area (Å²) in [6.45, 7) is 7.36. The predicted molar refractivity (Wildman–Crippen MR) is 83.6 cm³/mol. The summed E-state index contributed by atoms with van der Waals surface area (Å²) in [5, 5.41) is 2.75. The average Bonchev–Trinajstić information content (AvgIpc) is 2.49. The summed E-state index contributed by atoms with van der Waals surface area (Å²) in [5.74, 6) is -0.199. The van der Waals surface area contributed by atoms with Crippen molar-refractivity contribution in [3.8, 4) is 0 Å². The SMILES string of the molecule is CCN(CC)C(=O)C(C)NC(=O)Cc1ccc(CN)cc1. The lowest BCUT2D eigenvalue weighted by Crippen LogP contribution is -2.47. The molecule has 0 saturated carbocycles. The van der Waals surface area contributed by atoms with Gasteiger partial charge in [-0.3, -0.25) is 9.59 Å². The van der Waals surface area contributed by atoms with E-state index in [-0.39, 0.29) is 18.2 Å². The van der Waals surface area contributed by atoms with E-state index in [2.05, 4.69) is 5.32 Å². The molecular formula is C16H25N3O2. The Morgan fingerprint density at radius 2 is 1.67 bits per heavy atom. The van der Waals surface area contributed by atoms with Crippen LogP contribution in [-0.4, -0.2) is 35.8 Å². The van der Waals surface area contributed by atoms with Crippen molar-refractivity contribution in [1.29, 1.82) is 0 Å². The lowest BCUT2D eigenvalue weighted by atomic mass is 10.1. The smallest absolute Gasteiger partial charge is 0.244 e. The highest BCUT2D eigenvalue weighted by Crippen LogP contribution is 2.05. The first kappa shape index (κ1) is 17.2. The lowest BCUT2D eigenvalue weighted by molar-refractivity contribution is -0.135. The quantitative estimate of drug-likeness (QED) is 0.789. The van der Waals surface area contributed by atoms with E-state index in [1.165, 1.54) is 0 Å². The summed E-state index contributed by atoms with van der Waals surface area (Å²) in [7, 11) is 0. The molecule has 3 N–H and O–H groups in total. The molecule has 0 spiro atoms. The van der Waals surface area contributed by atoms with Gasteiger partial charge in [-0.15, -0.1) is 0 Å². The van der Waals surface area contributed by atoms with E-state index in [9.17, 15) is 9.59 Å². The number of amides is 2. The Labute approximate surface area is 126 Å². The number of hydrogen-bond donors (Lipinski definition) is 2. The molecule has 0 fully saturated rings. The van der Waals surface area contributed by atoms with Crippen LogP contribution in [0.4, 0.5) is 0 Å². The Hall–Kier alpha value is -1.88. The van der Waals surface area contributed by atoms with Gasteiger partial charge in [-0.25, -0.2) is 0 Å². The Balaban J connectivity index is 2.54. The number of nitrogens with two attached hydrogens (primary N) is 1. The fourth-order valence-electron chi connectivity index (χ4n) is 2.14. The fraction of sp³-hybridized carbons (Fsp3) is 0.500. The minimum atomic E-state index is -0.499. The Bertz CT molecular complexity index is 467. The number of carbonyl (C=O) groups is 2. The third kappa shape index (κ3) is 5.19. The maximum atomic E-state index is 12.1. The maximum absolute atomic E-state index is 12.1. The van der Waals surface area contributed by atoms with Crippen LogP contribution in [0.1, 0.15) is 31.9 Å². The fourth-order valence-corrected chi connectivity index (χ4v) is 2.14. The van der Waals surface area contributed by atoms with E-state index in [4.69, 9.17) is 5.73 Å². The first-order chi connectivity index (χ1) is 10.0. The van der Waals surface area contributed by atoms with Crippen molar-refractivity contribution in [3.63, 3.8) is 0 Å². The molecule has 0 heterocycles. The van der Waals surface area contributed by atoms with Crippen molar-refractivity contribution in [2.75, 3.05) is 13.1 Å². The van der Waals surface area contributed by atoms with E-state index >= 15 is 0 Å². The molecule has 1 aromatic carbocycles. The van der Waals surface area contributed by atoms with Crippen LogP contribution in [0.5, 0.6) is 0 Å². The second-order valence-corrected chi connectivity index (χ2v) is 5.00. The zero-order valence-electron chi connectivity index (χ0n) is 13.1. The normalized spacial score (nSPS) is 11.8. The van der Waals surface area contributed by atoms with Crippen molar-refractivity contribution < 1.29 is 9.59 Å². The summed E-state index contributed by atoms with van der Waals surface area (Å²) in [5.41, 5.74) is 7.47. The number of likely N-dealkylation sites (N-methyl/N-ethyl adjacent to an activating group) is 1. The summed E-state index contributed by atoms with van der Waals surface area (Å²) in [6.07, 6.45) is 0.265. The first-order valence-corrected chi connectivity index (χ1v) is 7.37. The van der Waals surface area contributed by atoms with E-state index < -0.39 is 6.04 Å². The summed E-state index contributed by atoms with van der Waals surface area (Å²) >= 11 is 0. The number of carbonyl (C=O) groups excluding carboxylic acids is 2. The monoisotopic (exact) mass is 291 g/mol. The summed E-state index contributed by atoms with van der Waals surface area (Å²) in [4.78, 5) is 25.8. The lowest BCUT2D eigenvalue weighted by Gasteiger charge is -2.23. The van der Waals surface area contributed by atoms with Gasteiger partial charge in [0, 0.05) is 19.6 Å². The molecule has 2 amide bonds. The second-order valence-electron chi connectivity index (χ2n) is 5.00. The number of hydrogen-bond acceptors (Lipinski definition) is 3. The third-order valence-corrected chi connectivity index (χ3v) is 3.45. The summed E-state index contributed by atoms with van der Waals surface area (Å²) in [6, 6.07) is 7.10. The van der Waals surface area contributed by atoms with E-state index in [0.717, 1.165) is 11.1 Å². The van der Waals surface area contributed by atoms with Crippen molar-refractivity contribution in [2.45, 2.75) is 39.8 Å². The van der Waals surface area contributed by atoms with Crippen molar-refractivity contribution >= 4 is 11.8 Å². The highest BCUT2D eigenvalue weighted by atomic mass is 16.2. The number of rotatable bonds is 7. The van der Waals surface area contributed by atoms with Gasteiger partial charge in [0.2, 0.25) is 11.8 Å². The zero-order chi connectivity index (χ0) is 15.8. The molecule has 1 unspecified atom stereocenters. The van der Waals surface area contributed by atoms with Crippen LogP contribution in [0.15, 0.2) is 24.3 Å². The number of benzene rings is 1. The van der Waals surface area contributed by atoms with Gasteiger partial charge in [0.05, 0.1) is 6.42 Å². The molecule has 5 nitrogen and oxygen atoms in total. The molecular weight excluding hydrogens is 266 g/mol. The molecule has 0 aliphatic carbocycles. The van der Waals surface area contributed by atoms with E-state index in [1.807, 2.05) is 38.1 Å². The molecule has 21 heavy (non-hydrogen) atoms. The highest BCUT2D eigenvalue weighted by molar-refractivity contribution is 5.88. The van der Waals surface area contributed by atoms with Gasteiger partial charge in [0.15, 0.2) is 0 Å². The topological polar surface area (TPSA) is 75.4 Å². The third-order valence-electron chi connectivity index (χ3n) is 3.45. The van der Waals surface area contributed by atoms with Crippen molar-refractivity contribution in [3.05, 3.63) is 35.4 Å². The van der Waals surface area contributed by atoms with Crippen LogP contribution in [-0.2, 0) is 22.6 Å². The molecule has 0 aliphatic rings. The standard InChI is InChI=1S/C16H25N3O2/c1-4-19(5-2)16(21)12(3)18-15(20)10-13-6-8-14(11-17)9-7-13/h6-9,12H,4-5,10-11,17H2,1-3H3,(H,18,20). The van der Waals surface area contributed by atoms with Crippen molar-refractivity contribution in [1.82, 2.24) is 10.2 Å². The number of nitrogens with one attached hydrogen (secondary N) is 1. The van der Waals surface area contributed by atoms with Gasteiger partial charge in [-0.1, -0.05) is 24.3 Å². The van der Waals surface area contributed by atoms with Gasteiger partial charge in [0.25, 0.3) is 0 Å². The molecule has 0 saturated heterocycles. The minimum Gasteiger partial charge on any atom is -0.344 e.